The Hall–Kier alpha value is -3.35. The molecule has 1 aromatic heterocycles. The maximum absolute atomic E-state index is 12.8. The van der Waals surface area contributed by atoms with E-state index in [1.165, 1.54) is 18.2 Å². The number of nitrogens with one attached hydrogen (secondary N) is 1. The van der Waals surface area contributed by atoms with Crippen molar-refractivity contribution in [2.75, 3.05) is 5.32 Å². The van der Waals surface area contributed by atoms with E-state index in [0.717, 1.165) is 17.8 Å². The number of carboxylic acids is 1. The lowest BCUT2D eigenvalue weighted by molar-refractivity contribution is -0.137. The highest BCUT2D eigenvalue weighted by Gasteiger charge is 2.30. The first-order valence-corrected chi connectivity index (χ1v) is 8.04. The van der Waals surface area contributed by atoms with E-state index >= 15 is 0 Å². The average Bonchev–Trinajstić information content (AvgIpc) is 2.66. The zero-order chi connectivity index (χ0) is 19.4. The Balaban J connectivity index is 2.00. The predicted octanol–water partition coefficient (Wildman–Crippen LogP) is 5.08. The van der Waals surface area contributed by atoms with Crippen molar-refractivity contribution < 1.29 is 23.1 Å². The molecule has 27 heavy (non-hydrogen) atoms. The molecule has 0 fully saturated rings. The second kappa shape index (κ2) is 7.49. The highest BCUT2D eigenvalue weighted by Crippen LogP contribution is 2.35. The van der Waals surface area contributed by atoms with Crippen molar-refractivity contribution >= 4 is 11.7 Å². The van der Waals surface area contributed by atoms with E-state index in [4.69, 9.17) is 0 Å². The summed E-state index contributed by atoms with van der Waals surface area (Å²) >= 11 is 0. The van der Waals surface area contributed by atoms with Gasteiger partial charge in [-0.15, -0.1) is 0 Å². The Morgan fingerprint density at radius 1 is 1.00 bits per heavy atom. The maximum Gasteiger partial charge on any atom is 0.416 e. The fraction of sp³-hybridized carbons (Fsp3) is 0.100. The molecular weight excluding hydrogens is 357 g/mol. The number of pyridine rings is 1. The van der Waals surface area contributed by atoms with Crippen LogP contribution in [0.25, 0.3) is 11.1 Å². The highest BCUT2D eigenvalue weighted by molar-refractivity contribution is 6.00. The smallest absolute Gasteiger partial charge is 0.416 e. The van der Waals surface area contributed by atoms with Crippen LogP contribution < -0.4 is 5.32 Å². The lowest BCUT2D eigenvalue weighted by atomic mass is 9.96. The third-order valence-electron chi connectivity index (χ3n) is 3.98. The maximum atomic E-state index is 12.8. The van der Waals surface area contributed by atoms with Gasteiger partial charge in [0.1, 0.15) is 0 Å². The molecule has 3 rings (SSSR count). The number of anilines is 1. The number of aromatic nitrogens is 1. The van der Waals surface area contributed by atoms with Gasteiger partial charge in [0.05, 0.1) is 23.4 Å². The number of hydrogen-bond donors (Lipinski definition) is 2. The van der Waals surface area contributed by atoms with Gasteiger partial charge in [-0.25, -0.2) is 4.79 Å². The van der Waals surface area contributed by atoms with Gasteiger partial charge in [-0.2, -0.15) is 13.2 Å². The molecule has 0 atom stereocenters. The molecule has 3 aromatic rings. The minimum Gasteiger partial charge on any atom is -0.478 e. The number of aromatic carboxylic acids is 1. The molecule has 0 amide bonds. The summed E-state index contributed by atoms with van der Waals surface area (Å²) in [5.74, 6) is -1.16. The summed E-state index contributed by atoms with van der Waals surface area (Å²) < 4.78 is 38.4. The molecular formula is C20H15F3N2O2. The van der Waals surface area contributed by atoms with Gasteiger partial charge in [-0.05, 0) is 42.0 Å². The van der Waals surface area contributed by atoms with E-state index in [1.54, 1.807) is 24.4 Å². The molecule has 0 aliphatic rings. The molecule has 4 nitrogen and oxygen atoms in total. The first-order valence-electron chi connectivity index (χ1n) is 8.04. The summed E-state index contributed by atoms with van der Waals surface area (Å²) in [6, 6.07) is 14.5. The number of alkyl halides is 3. The van der Waals surface area contributed by atoms with Crippen LogP contribution in [0.4, 0.5) is 18.9 Å². The van der Waals surface area contributed by atoms with Crippen LogP contribution in [0.3, 0.4) is 0 Å². The van der Waals surface area contributed by atoms with Crippen LogP contribution in [0.1, 0.15) is 21.6 Å². The highest BCUT2D eigenvalue weighted by atomic mass is 19.4. The molecule has 0 spiro atoms. The number of halogens is 3. The molecule has 0 aliphatic carbocycles. The number of hydrogen-bond acceptors (Lipinski definition) is 3. The lowest BCUT2D eigenvalue weighted by Gasteiger charge is -2.15. The van der Waals surface area contributed by atoms with Crippen molar-refractivity contribution in [1.29, 1.82) is 0 Å². The van der Waals surface area contributed by atoms with Gasteiger partial charge in [0.15, 0.2) is 0 Å². The molecule has 0 bridgehead atoms. The standard InChI is InChI=1S/C20H15F3N2O2/c21-20(22,23)14-9-7-13(8-10-14)18-16(19(26)27)5-3-6-17(18)25-12-15-4-1-2-11-24-15/h1-11,25H,12H2,(H,26,27). The Morgan fingerprint density at radius 2 is 1.74 bits per heavy atom. The second-order valence-corrected chi connectivity index (χ2v) is 5.78. The first-order chi connectivity index (χ1) is 12.9. The van der Waals surface area contributed by atoms with Gasteiger partial charge in [0.25, 0.3) is 0 Å². The number of rotatable bonds is 5. The van der Waals surface area contributed by atoms with Gasteiger partial charge >= 0.3 is 12.1 Å². The summed E-state index contributed by atoms with van der Waals surface area (Å²) in [5, 5.41) is 12.6. The Labute approximate surface area is 153 Å². The molecule has 0 saturated heterocycles. The predicted molar refractivity (Wildman–Crippen MR) is 95.4 cm³/mol. The molecule has 0 radical (unpaired) electrons. The zero-order valence-corrected chi connectivity index (χ0v) is 14.0. The summed E-state index contributed by atoms with van der Waals surface area (Å²) in [4.78, 5) is 15.8. The van der Waals surface area contributed by atoms with Crippen LogP contribution in [0, 0.1) is 0 Å². The van der Waals surface area contributed by atoms with Crippen LogP contribution in [0.5, 0.6) is 0 Å². The van der Waals surface area contributed by atoms with E-state index in [0.29, 0.717) is 23.4 Å². The van der Waals surface area contributed by atoms with Crippen molar-refractivity contribution in [2.24, 2.45) is 0 Å². The molecule has 2 N–H and O–H groups in total. The van der Waals surface area contributed by atoms with Gasteiger partial charge < -0.3 is 10.4 Å². The summed E-state index contributed by atoms with van der Waals surface area (Å²) in [6.45, 7) is 0.345. The normalized spacial score (nSPS) is 11.2. The fourth-order valence-electron chi connectivity index (χ4n) is 2.70. The second-order valence-electron chi connectivity index (χ2n) is 5.78. The van der Waals surface area contributed by atoms with Crippen LogP contribution >= 0.6 is 0 Å². The third kappa shape index (κ3) is 4.25. The molecule has 7 heteroatoms. The molecule has 1 heterocycles. The average molecular weight is 372 g/mol. The topological polar surface area (TPSA) is 62.2 Å². The third-order valence-corrected chi connectivity index (χ3v) is 3.98. The monoisotopic (exact) mass is 372 g/mol. The largest absolute Gasteiger partial charge is 0.478 e. The molecule has 0 saturated carbocycles. The zero-order valence-electron chi connectivity index (χ0n) is 14.0. The molecule has 138 valence electrons. The van der Waals surface area contributed by atoms with Crippen LogP contribution in [0.2, 0.25) is 0 Å². The van der Waals surface area contributed by atoms with E-state index in [9.17, 15) is 23.1 Å². The quantitative estimate of drug-likeness (QED) is 0.656. The molecule has 0 aliphatic heterocycles. The van der Waals surface area contributed by atoms with E-state index in [2.05, 4.69) is 10.3 Å². The van der Waals surface area contributed by atoms with Crippen LogP contribution in [-0.2, 0) is 12.7 Å². The minimum absolute atomic E-state index is 0.000722. The fourth-order valence-corrected chi connectivity index (χ4v) is 2.70. The van der Waals surface area contributed by atoms with Crippen LogP contribution in [-0.4, -0.2) is 16.1 Å². The van der Waals surface area contributed by atoms with Crippen molar-refractivity contribution in [3.8, 4) is 11.1 Å². The SMILES string of the molecule is O=C(O)c1cccc(NCc2ccccn2)c1-c1ccc(C(F)(F)F)cc1. The van der Waals surface area contributed by atoms with Gasteiger partial charge in [0, 0.05) is 17.4 Å². The summed E-state index contributed by atoms with van der Waals surface area (Å²) in [6.07, 6.45) is -2.81. The number of carboxylic acid groups (broad SMARTS) is 1. The van der Waals surface area contributed by atoms with Crippen molar-refractivity contribution in [1.82, 2.24) is 4.98 Å². The summed E-state index contributed by atoms with van der Waals surface area (Å²) in [7, 11) is 0. The molecule has 0 unspecified atom stereocenters. The first kappa shape index (κ1) is 18.4. The number of benzene rings is 2. The lowest BCUT2D eigenvalue weighted by Crippen LogP contribution is -2.07. The van der Waals surface area contributed by atoms with E-state index in [1.807, 2.05) is 12.1 Å². The van der Waals surface area contributed by atoms with E-state index in [-0.39, 0.29) is 5.56 Å². The number of nitrogens with zero attached hydrogens (tertiary/aromatic N) is 1. The Kier molecular flexibility index (Phi) is 5.12. The Bertz CT molecular complexity index is 940. The van der Waals surface area contributed by atoms with Gasteiger partial charge in [-0.3, -0.25) is 4.98 Å². The van der Waals surface area contributed by atoms with Gasteiger partial charge in [-0.1, -0.05) is 24.3 Å². The minimum atomic E-state index is -4.45. The summed E-state index contributed by atoms with van der Waals surface area (Å²) in [5.41, 5.74) is 1.17. The van der Waals surface area contributed by atoms with Gasteiger partial charge in [0.2, 0.25) is 0 Å². The Morgan fingerprint density at radius 3 is 2.33 bits per heavy atom. The van der Waals surface area contributed by atoms with Crippen molar-refractivity contribution in [3.63, 3.8) is 0 Å². The van der Waals surface area contributed by atoms with Crippen molar-refractivity contribution in [2.45, 2.75) is 12.7 Å². The van der Waals surface area contributed by atoms with E-state index < -0.39 is 17.7 Å². The van der Waals surface area contributed by atoms with Crippen molar-refractivity contribution in [3.05, 3.63) is 83.7 Å². The number of carbonyl (C=O) groups is 1. The molecule has 2 aromatic carbocycles. The van der Waals surface area contributed by atoms with Crippen LogP contribution in [0.15, 0.2) is 66.9 Å².